The van der Waals surface area contributed by atoms with Crippen LogP contribution in [0.1, 0.15) is 48.0 Å². The summed E-state index contributed by atoms with van der Waals surface area (Å²) in [6.45, 7) is 13.7. The maximum Gasteiger partial charge on any atom is 0.410 e. The van der Waals surface area contributed by atoms with E-state index in [1.807, 2.05) is 25.7 Å². The average molecular weight is 270 g/mol. The molecule has 1 saturated heterocycles. The van der Waals surface area contributed by atoms with Gasteiger partial charge in [-0.3, -0.25) is 0 Å². The van der Waals surface area contributed by atoms with Gasteiger partial charge in [0.05, 0.1) is 0 Å². The predicted octanol–water partition coefficient (Wildman–Crippen LogP) is 2.86. The Balaban J connectivity index is 2.69. The largest absolute Gasteiger partial charge is 0.444 e. The van der Waals surface area contributed by atoms with E-state index in [2.05, 4.69) is 20.8 Å². The topological polar surface area (TPSA) is 55.6 Å². The third-order valence-corrected chi connectivity index (χ3v) is 3.90. The summed E-state index contributed by atoms with van der Waals surface area (Å²) < 4.78 is 5.46. The van der Waals surface area contributed by atoms with Gasteiger partial charge in [-0.05, 0) is 51.9 Å². The van der Waals surface area contributed by atoms with Crippen LogP contribution in [0.25, 0.3) is 0 Å². The highest BCUT2D eigenvalue weighted by Crippen LogP contribution is 2.32. The molecule has 1 aliphatic heterocycles. The second-order valence-electron chi connectivity index (χ2n) is 7.15. The van der Waals surface area contributed by atoms with Gasteiger partial charge in [-0.2, -0.15) is 0 Å². The molecule has 0 aliphatic carbocycles. The monoisotopic (exact) mass is 270 g/mol. The molecule has 1 rings (SSSR count). The van der Waals surface area contributed by atoms with Crippen molar-refractivity contribution in [2.24, 2.45) is 23.5 Å². The van der Waals surface area contributed by atoms with Gasteiger partial charge in [-0.15, -0.1) is 0 Å². The minimum Gasteiger partial charge on any atom is -0.444 e. The number of carbonyl (C=O) groups excluding carboxylic acids is 1. The van der Waals surface area contributed by atoms with Crippen LogP contribution in [0.5, 0.6) is 0 Å². The molecule has 2 N–H and O–H groups in total. The summed E-state index contributed by atoms with van der Waals surface area (Å²) in [5.74, 6) is 1.49. The van der Waals surface area contributed by atoms with E-state index in [9.17, 15) is 4.79 Å². The van der Waals surface area contributed by atoms with Crippen LogP contribution >= 0.6 is 0 Å². The molecule has 0 radical (unpaired) electrons. The SMILES string of the molecule is CC(C)C1CN(C(=O)OC(C)(C)C)CCC1C(C)N. The van der Waals surface area contributed by atoms with Crippen molar-refractivity contribution < 1.29 is 9.53 Å². The Morgan fingerprint density at radius 2 is 1.84 bits per heavy atom. The second kappa shape index (κ2) is 6.12. The van der Waals surface area contributed by atoms with Crippen molar-refractivity contribution in [2.45, 2.75) is 59.6 Å². The molecule has 3 atom stereocenters. The lowest BCUT2D eigenvalue weighted by Gasteiger charge is -2.42. The molecule has 0 saturated carbocycles. The lowest BCUT2D eigenvalue weighted by molar-refractivity contribution is 0.00347. The molecule has 1 aliphatic rings. The van der Waals surface area contributed by atoms with Crippen LogP contribution in [0.4, 0.5) is 4.79 Å². The first-order valence-electron chi connectivity index (χ1n) is 7.35. The molecule has 1 heterocycles. The van der Waals surface area contributed by atoms with E-state index in [0.717, 1.165) is 19.5 Å². The lowest BCUT2D eigenvalue weighted by Crippen LogP contribution is -2.50. The summed E-state index contributed by atoms with van der Waals surface area (Å²) in [5.41, 5.74) is 5.66. The smallest absolute Gasteiger partial charge is 0.410 e. The van der Waals surface area contributed by atoms with Gasteiger partial charge in [0, 0.05) is 19.1 Å². The van der Waals surface area contributed by atoms with Gasteiger partial charge in [0.2, 0.25) is 0 Å². The molecule has 4 nitrogen and oxygen atoms in total. The third kappa shape index (κ3) is 4.68. The molecule has 1 fully saturated rings. The number of likely N-dealkylation sites (tertiary alicyclic amines) is 1. The van der Waals surface area contributed by atoms with Crippen molar-refractivity contribution in [1.82, 2.24) is 4.90 Å². The van der Waals surface area contributed by atoms with E-state index >= 15 is 0 Å². The van der Waals surface area contributed by atoms with Crippen LogP contribution in [-0.4, -0.2) is 35.7 Å². The summed E-state index contributed by atoms with van der Waals surface area (Å²) in [6, 6.07) is 0.188. The molecule has 1 amide bonds. The van der Waals surface area contributed by atoms with E-state index in [1.165, 1.54) is 0 Å². The number of ether oxygens (including phenoxy) is 1. The fourth-order valence-electron chi connectivity index (χ4n) is 2.85. The highest BCUT2D eigenvalue weighted by atomic mass is 16.6. The van der Waals surface area contributed by atoms with Crippen molar-refractivity contribution in [3.05, 3.63) is 0 Å². The third-order valence-electron chi connectivity index (χ3n) is 3.90. The number of hydrogen-bond donors (Lipinski definition) is 1. The van der Waals surface area contributed by atoms with Gasteiger partial charge >= 0.3 is 6.09 Å². The Morgan fingerprint density at radius 3 is 2.26 bits per heavy atom. The number of rotatable bonds is 2. The first-order valence-corrected chi connectivity index (χ1v) is 7.35. The van der Waals surface area contributed by atoms with E-state index in [1.54, 1.807) is 0 Å². The van der Waals surface area contributed by atoms with E-state index in [0.29, 0.717) is 17.8 Å². The van der Waals surface area contributed by atoms with Crippen molar-refractivity contribution in [1.29, 1.82) is 0 Å². The van der Waals surface area contributed by atoms with Gasteiger partial charge in [-0.1, -0.05) is 13.8 Å². The van der Waals surface area contributed by atoms with Gasteiger partial charge in [0.1, 0.15) is 5.60 Å². The molecular formula is C15H30N2O2. The first-order chi connectivity index (χ1) is 8.61. The minimum atomic E-state index is -0.428. The van der Waals surface area contributed by atoms with Crippen LogP contribution in [0.2, 0.25) is 0 Å². The molecule has 0 aromatic rings. The molecule has 19 heavy (non-hydrogen) atoms. The zero-order chi connectivity index (χ0) is 14.8. The molecule has 0 spiro atoms. The maximum absolute atomic E-state index is 12.1. The van der Waals surface area contributed by atoms with E-state index < -0.39 is 5.60 Å². The quantitative estimate of drug-likeness (QED) is 0.839. The van der Waals surface area contributed by atoms with Gasteiger partial charge < -0.3 is 15.4 Å². The summed E-state index contributed by atoms with van der Waals surface area (Å²) in [7, 11) is 0. The average Bonchev–Trinajstić information content (AvgIpc) is 2.25. The molecule has 0 aromatic carbocycles. The van der Waals surface area contributed by atoms with Gasteiger partial charge in [0.15, 0.2) is 0 Å². The highest BCUT2D eigenvalue weighted by molar-refractivity contribution is 5.68. The number of nitrogens with two attached hydrogens (primary N) is 1. The van der Waals surface area contributed by atoms with Crippen LogP contribution in [-0.2, 0) is 4.74 Å². The lowest BCUT2D eigenvalue weighted by atomic mass is 9.75. The summed E-state index contributed by atoms with van der Waals surface area (Å²) in [5, 5.41) is 0. The van der Waals surface area contributed by atoms with Crippen LogP contribution in [0.15, 0.2) is 0 Å². The number of amides is 1. The van der Waals surface area contributed by atoms with Crippen LogP contribution in [0, 0.1) is 17.8 Å². The number of nitrogens with zero attached hydrogens (tertiary/aromatic N) is 1. The van der Waals surface area contributed by atoms with Crippen molar-refractivity contribution in [3.63, 3.8) is 0 Å². The molecule has 3 unspecified atom stereocenters. The molecular weight excluding hydrogens is 240 g/mol. The highest BCUT2D eigenvalue weighted by Gasteiger charge is 2.36. The Labute approximate surface area is 117 Å². The maximum atomic E-state index is 12.1. The second-order valence-corrected chi connectivity index (χ2v) is 7.15. The van der Waals surface area contributed by atoms with Crippen molar-refractivity contribution in [3.8, 4) is 0 Å². The molecule has 0 aromatic heterocycles. The normalized spacial score (nSPS) is 26.4. The van der Waals surface area contributed by atoms with Crippen molar-refractivity contribution >= 4 is 6.09 Å². The molecule has 4 heteroatoms. The standard InChI is InChI=1S/C15H30N2O2/c1-10(2)13-9-17(8-7-12(13)11(3)16)14(18)19-15(4,5)6/h10-13H,7-9,16H2,1-6H3. The summed E-state index contributed by atoms with van der Waals surface area (Å²) in [6.07, 6.45) is 0.779. The Morgan fingerprint density at radius 1 is 1.26 bits per heavy atom. The Bertz CT molecular complexity index is 308. The van der Waals surface area contributed by atoms with Crippen LogP contribution < -0.4 is 5.73 Å². The number of hydrogen-bond acceptors (Lipinski definition) is 3. The fraction of sp³-hybridized carbons (Fsp3) is 0.933. The Kier molecular flexibility index (Phi) is 5.25. The predicted molar refractivity (Wildman–Crippen MR) is 77.9 cm³/mol. The van der Waals surface area contributed by atoms with Crippen molar-refractivity contribution in [2.75, 3.05) is 13.1 Å². The minimum absolute atomic E-state index is 0.188. The van der Waals surface area contributed by atoms with E-state index in [4.69, 9.17) is 10.5 Å². The fourth-order valence-corrected chi connectivity index (χ4v) is 2.85. The van der Waals surface area contributed by atoms with Gasteiger partial charge in [0.25, 0.3) is 0 Å². The summed E-state index contributed by atoms with van der Waals surface area (Å²) >= 11 is 0. The number of carbonyl (C=O) groups is 1. The summed E-state index contributed by atoms with van der Waals surface area (Å²) in [4.78, 5) is 14.0. The first kappa shape index (κ1) is 16.3. The zero-order valence-corrected chi connectivity index (χ0v) is 13.3. The van der Waals surface area contributed by atoms with E-state index in [-0.39, 0.29) is 12.1 Å². The zero-order valence-electron chi connectivity index (χ0n) is 13.3. The number of piperidine rings is 1. The molecule has 112 valence electrons. The Hall–Kier alpha value is -0.770. The molecule has 0 bridgehead atoms. The van der Waals surface area contributed by atoms with Crippen LogP contribution in [0.3, 0.4) is 0 Å². The van der Waals surface area contributed by atoms with Gasteiger partial charge in [-0.25, -0.2) is 4.79 Å².